The fraction of sp³-hybridized carbons (Fsp3) is 0.562. The molecule has 0 aliphatic rings. The van der Waals surface area contributed by atoms with Crippen molar-refractivity contribution in [3.63, 3.8) is 0 Å². The zero-order chi connectivity index (χ0) is 16.5. The van der Waals surface area contributed by atoms with Gasteiger partial charge in [0.2, 0.25) is 0 Å². The maximum absolute atomic E-state index is 10.5. The van der Waals surface area contributed by atoms with Crippen molar-refractivity contribution in [3.8, 4) is 0 Å². The van der Waals surface area contributed by atoms with Crippen LogP contribution in [0.25, 0.3) is 10.1 Å². The van der Waals surface area contributed by atoms with Gasteiger partial charge >= 0.3 is 0 Å². The van der Waals surface area contributed by atoms with E-state index in [2.05, 4.69) is 45.7 Å². The van der Waals surface area contributed by atoms with Gasteiger partial charge < -0.3 is 4.74 Å². The van der Waals surface area contributed by atoms with Gasteiger partial charge in [0, 0.05) is 19.1 Å². The highest BCUT2D eigenvalue weighted by molar-refractivity contribution is 9.12. The van der Waals surface area contributed by atoms with Gasteiger partial charge in [0.25, 0.3) is 0 Å². The van der Waals surface area contributed by atoms with Crippen molar-refractivity contribution in [1.29, 1.82) is 0 Å². The number of carbonyl (C=O) groups excluding carboxylic acids is 1. The Kier molecular flexibility index (Phi) is 10.1. The molecule has 0 N–H and O–H groups in total. The molecule has 0 saturated heterocycles. The van der Waals surface area contributed by atoms with E-state index in [0.29, 0.717) is 0 Å². The summed E-state index contributed by atoms with van der Waals surface area (Å²) in [6.45, 7) is 5.41. The normalized spacial score (nSPS) is 12.0. The summed E-state index contributed by atoms with van der Waals surface area (Å²) in [5, 5.41) is 1.12. The number of carbonyl (C=O) groups is 1. The number of rotatable bonds is 7. The number of hydrogen-bond donors (Lipinski definition) is 0. The van der Waals surface area contributed by atoms with E-state index in [0.717, 1.165) is 41.3 Å². The Morgan fingerprint density at radius 1 is 1.27 bits per heavy atom. The molecule has 0 radical (unpaired) electrons. The lowest BCUT2D eigenvalue weighted by Gasteiger charge is -2.11. The van der Waals surface area contributed by atoms with Gasteiger partial charge in [-0.15, -0.1) is 22.7 Å². The summed E-state index contributed by atoms with van der Waals surface area (Å²) in [5.74, 6) is 0.796. The van der Waals surface area contributed by atoms with Gasteiger partial charge in [-0.25, -0.2) is 0 Å². The lowest BCUT2D eigenvalue weighted by Crippen LogP contribution is -2.06. The van der Waals surface area contributed by atoms with Crippen LogP contribution in [0.3, 0.4) is 0 Å². The Morgan fingerprint density at radius 3 is 2.50 bits per heavy atom. The van der Waals surface area contributed by atoms with Crippen molar-refractivity contribution in [2.45, 2.75) is 39.5 Å². The van der Waals surface area contributed by atoms with Gasteiger partial charge in [-0.3, -0.25) is 4.79 Å². The number of aldehydes is 1. The van der Waals surface area contributed by atoms with E-state index in [9.17, 15) is 4.79 Å². The second-order valence-electron chi connectivity index (χ2n) is 5.03. The molecule has 1 unspecified atom stereocenters. The van der Waals surface area contributed by atoms with Crippen molar-refractivity contribution < 1.29 is 9.53 Å². The van der Waals surface area contributed by atoms with Crippen molar-refractivity contribution in [1.82, 2.24) is 0 Å². The molecule has 0 bridgehead atoms. The van der Waals surface area contributed by atoms with Crippen LogP contribution in [-0.2, 0) is 4.74 Å². The number of hydrogen-bond acceptors (Lipinski definition) is 4. The molecule has 0 aromatic carbocycles. The first kappa shape index (κ1) is 20.3. The fourth-order valence-electron chi connectivity index (χ4n) is 2.07. The number of ether oxygens (including phenoxy) is 1. The third kappa shape index (κ3) is 6.04. The van der Waals surface area contributed by atoms with Gasteiger partial charge in [-0.2, -0.15) is 0 Å². The van der Waals surface area contributed by atoms with E-state index in [1.165, 1.54) is 37.0 Å². The monoisotopic (exact) mass is 468 g/mol. The molecule has 0 spiro atoms. The predicted molar refractivity (Wildman–Crippen MR) is 106 cm³/mol. The van der Waals surface area contributed by atoms with Crippen molar-refractivity contribution in [3.05, 3.63) is 18.5 Å². The number of methoxy groups -OCH3 is 1. The zero-order valence-electron chi connectivity index (χ0n) is 13.2. The van der Waals surface area contributed by atoms with E-state index in [1.807, 2.05) is 6.07 Å². The summed E-state index contributed by atoms with van der Waals surface area (Å²) < 4.78 is 8.40. The highest BCUT2D eigenvalue weighted by atomic mass is 79.9. The second kappa shape index (κ2) is 10.9. The molecule has 0 fully saturated rings. The molecule has 2 rings (SSSR count). The average molecular weight is 470 g/mol. The van der Waals surface area contributed by atoms with Crippen molar-refractivity contribution in [2.75, 3.05) is 13.7 Å². The third-order valence-corrected chi connectivity index (χ3v) is 7.43. The van der Waals surface area contributed by atoms with E-state index < -0.39 is 0 Å². The lowest BCUT2D eigenvalue weighted by atomic mass is 10.0. The standard InChI is InChI=1S/C9H20O.C7H2Br2OS2/c1-4-6-7-9(5-2)8-10-3;8-6-4-1-3(2-10)11-5(4)7(9)12-6/h9H,4-8H2,1-3H3;1-2H. The van der Waals surface area contributed by atoms with E-state index in [1.54, 1.807) is 18.4 Å². The molecule has 0 aliphatic carbocycles. The van der Waals surface area contributed by atoms with Crippen LogP contribution in [0.2, 0.25) is 0 Å². The smallest absolute Gasteiger partial charge is 0.160 e. The summed E-state index contributed by atoms with van der Waals surface area (Å²) in [6.07, 6.45) is 6.13. The van der Waals surface area contributed by atoms with Crippen LogP contribution >= 0.6 is 54.5 Å². The first-order valence-corrected chi connectivity index (χ1v) is 10.6. The highest BCUT2D eigenvalue weighted by Gasteiger charge is 2.10. The Hall–Kier alpha value is 0.250. The maximum atomic E-state index is 10.5. The van der Waals surface area contributed by atoms with Crippen LogP contribution in [0.1, 0.15) is 49.2 Å². The minimum atomic E-state index is 0.772. The number of unbranched alkanes of at least 4 members (excludes halogenated alkanes) is 1. The third-order valence-electron chi connectivity index (χ3n) is 3.38. The van der Waals surface area contributed by atoms with Gasteiger partial charge in [-0.05, 0) is 50.3 Å². The first-order valence-electron chi connectivity index (χ1n) is 7.38. The van der Waals surface area contributed by atoms with Gasteiger partial charge in [0.05, 0.1) is 17.1 Å². The quantitative estimate of drug-likeness (QED) is 0.402. The number of halogens is 2. The van der Waals surface area contributed by atoms with Gasteiger partial charge in [-0.1, -0.05) is 33.1 Å². The molecule has 124 valence electrons. The molecule has 1 atom stereocenters. The topological polar surface area (TPSA) is 26.3 Å². The van der Waals surface area contributed by atoms with Crippen LogP contribution in [0.4, 0.5) is 0 Å². The van der Waals surface area contributed by atoms with Crippen LogP contribution < -0.4 is 0 Å². The summed E-state index contributed by atoms with van der Waals surface area (Å²) in [4.78, 5) is 11.3. The van der Waals surface area contributed by atoms with E-state index in [4.69, 9.17) is 4.74 Å². The molecule has 2 nitrogen and oxygen atoms in total. The van der Waals surface area contributed by atoms with Crippen LogP contribution in [0, 0.1) is 5.92 Å². The first-order chi connectivity index (χ1) is 10.6. The summed E-state index contributed by atoms with van der Waals surface area (Å²) in [6, 6.07) is 1.90. The number of fused-ring (bicyclic) bond motifs is 1. The fourth-order valence-corrected chi connectivity index (χ4v) is 6.35. The Morgan fingerprint density at radius 2 is 2.00 bits per heavy atom. The maximum Gasteiger partial charge on any atom is 0.160 e. The Bertz CT molecular complexity index is 543. The second-order valence-corrected chi connectivity index (χ2v) is 9.77. The number of thiophene rings is 2. The molecular weight excluding hydrogens is 448 g/mol. The van der Waals surface area contributed by atoms with Gasteiger partial charge in [0.1, 0.15) is 0 Å². The molecule has 22 heavy (non-hydrogen) atoms. The van der Waals surface area contributed by atoms with Crippen molar-refractivity contribution in [2.24, 2.45) is 5.92 Å². The highest BCUT2D eigenvalue weighted by Crippen LogP contribution is 2.43. The molecule has 0 aliphatic heterocycles. The molecule has 2 heterocycles. The SMILES string of the molecule is CCCCC(CC)COC.O=Cc1cc2c(Br)sc(Br)c2s1. The average Bonchev–Trinajstić information content (AvgIpc) is 3.06. The lowest BCUT2D eigenvalue weighted by molar-refractivity contribution is 0.112. The van der Waals surface area contributed by atoms with E-state index >= 15 is 0 Å². The summed E-state index contributed by atoms with van der Waals surface area (Å²) in [5.41, 5.74) is 0. The summed E-state index contributed by atoms with van der Waals surface area (Å²) in [7, 11) is 1.79. The van der Waals surface area contributed by atoms with Crippen molar-refractivity contribution >= 4 is 70.9 Å². The zero-order valence-corrected chi connectivity index (χ0v) is 18.0. The predicted octanol–water partition coefficient (Wildman–Crippen LogP) is 7.15. The Balaban J connectivity index is 0.000000225. The molecule has 6 heteroatoms. The molecular formula is C16H22Br2O2S2. The van der Waals surface area contributed by atoms with Crippen LogP contribution in [0.5, 0.6) is 0 Å². The van der Waals surface area contributed by atoms with Crippen LogP contribution in [-0.4, -0.2) is 20.0 Å². The molecule has 0 saturated carbocycles. The largest absolute Gasteiger partial charge is 0.384 e. The molecule has 2 aromatic rings. The Labute approximate surface area is 157 Å². The summed E-state index contributed by atoms with van der Waals surface area (Å²) >= 11 is 10.0. The van der Waals surface area contributed by atoms with Gasteiger partial charge in [0.15, 0.2) is 6.29 Å². The minimum absolute atomic E-state index is 0.772. The molecule has 0 amide bonds. The molecule has 2 aromatic heterocycles. The van der Waals surface area contributed by atoms with E-state index in [-0.39, 0.29) is 0 Å². The minimum Gasteiger partial charge on any atom is -0.384 e. The van der Waals surface area contributed by atoms with Crippen LogP contribution in [0.15, 0.2) is 13.6 Å².